The molecule has 0 spiro atoms. The van der Waals surface area contributed by atoms with Gasteiger partial charge in [-0.05, 0) is 50.2 Å². The lowest BCUT2D eigenvalue weighted by atomic mass is 10.0. The number of methoxy groups -OCH3 is 1. The van der Waals surface area contributed by atoms with Gasteiger partial charge in [0, 0.05) is 16.8 Å². The van der Waals surface area contributed by atoms with Crippen molar-refractivity contribution in [3.8, 4) is 17.0 Å². The summed E-state index contributed by atoms with van der Waals surface area (Å²) in [4.78, 5) is 20.6. The molecule has 0 aliphatic carbocycles. The second-order valence-electron chi connectivity index (χ2n) is 7.01. The maximum atomic E-state index is 12.7. The number of imidazole rings is 1. The summed E-state index contributed by atoms with van der Waals surface area (Å²) >= 11 is 0. The van der Waals surface area contributed by atoms with Gasteiger partial charge >= 0.3 is 0 Å². The van der Waals surface area contributed by atoms with Crippen LogP contribution in [-0.4, -0.2) is 33.2 Å². The van der Waals surface area contributed by atoms with Crippen LogP contribution in [0.3, 0.4) is 0 Å². The molecule has 0 aliphatic rings. The zero-order valence-electron chi connectivity index (χ0n) is 16.6. The third kappa shape index (κ3) is 3.85. The maximum absolute atomic E-state index is 12.7. The minimum absolute atomic E-state index is 0.0859. The first-order chi connectivity index (χ1) is 14.0. The van der Waals surface area contributed by atoms with Crippen molar-refractivity contribution >= 4 is 16.9 Å². The Bertz CT molecular complexity index is 1110. The minimum Gasteiger partial charge on any atom is -0.497 e. The largest absolute Gasteiger partial charge is 0.497 e. The fourth-order valence-electron chi connectivity index (χ4n) is 3.36. The number of nitrogens with zero attached hydrogens (tertiary/aromatic N) is 2. The molecule has 1 amide bonds. The summed E-state index contributed by atoms with van der Waals surface area (Å²) in [6.45, 7) is 3.84. The lowest BCUT2D eigenvalue weighted by molar-refractivity contribution is -0.121. The molecular weight excluding hydrogens is 366 g/mol. The van der Waals surface area contributed by atoms with Crippen LogP contribution in [0.4, 0.5) is 0 Å². The zero-order valence-corrected chi connectivity index (χ0v) is 16.6. The average Bonchev–Trinajstić information content (AvgIpc) is 3.32. The fraction of sp³-hybridized carbons (Fsp3) is 0.227. The van der Waals surface area contributed by atoms with E-state index in [1.165, 1.54) is 0 Å². The topological polar surface area (TPSA) is 95.7 Å². The van der Waals surface area contributed by atoms with Gasteiger partial charge in [-0.1, -0.05) is 12.1 Å². The van der Waals surface area contributed by atoms with E-state index in [0.717, 1.165) is 45.1 Å². The fourth-order valence-corrected chi connectivity index (χ4v) is 3.36. The molecule has 4 aromatic rings. The van der Waals surface area contributed by atoms with Crippen LogP contribution in [0.2, 0.25) is 0 Å². The van der Waals surface area contributed by atoms with E-state index in [0.29, 0.717) is 0 Å². The SMILES string of the molecule is COc1ccc(-c2n[nH]c(C)c2CC(=O)N[C@@H](C)c2nc3ccccc3[nH]2)cc1. The van der Waals surface area contributed by atoms with E-state index in [2.05, 4.69) is 25.5 Å². The monoisotopic (exact) mass is 389 g/mol. The highest BCUT2D eigenvalue weighted by Crippen LogP contribution is 2.26. The van der Waals surface area contributed by atoms with E-state index in [-0.39, 0.29) is 18.4 Å². The molecule has 2 aromatic carbocycles. The average molecular weight is 389 g/mol. The summed E-state index contributed by atoms with van der Waals surface area (Å²) in [5, 5.41) is 10.4. The molecule has 0 saturated heterocycles. The number of benzene rings is 2. The van der Waals surface area contributed by atoms with E-state index in [1.807, 2.05) is 62.4 Å². The predicted octanol–water partition coefficient (Wildman–Crippen LogP) is 3.69. The Labute approximate surface area is 168 Å². The molecule has 7 heteroatoms. The Balaban J connectivity index is 1.50. The van der Waals surface area contributed by atoms with Crippen molar-refractivity contribution in [3.05, 3.63) is 65.6 Å². The summed E-state index contributed by atoms with van der Waals surface area (Å²) < 4.78 is 5.21. The number of hydrogen-bond acceptors (Lipinski definition) is 4. The third-order valence-electron chi connectivity index (χ3n) is 4.97. The van der Waals surface area contributed by atoms with Gasteiger partial charge in [0.2, 0.25) is 5.91 Å². The minimum atomic E-state index is -0.230. The van der Waals surface area contributed by atoms with Crippen LogP contribution in [0.5, 0.6) is 5.75 Å². The second kappa shape index (κ2) is 7.79. The maximum Gasteiger partial charge on any atom is 0.225 e. The van der Waals surface area contributed by atoms with Crippen LogP contribution in [0.15, 0.2) is 48.5 Å². The highest BCUT2D eigenvalue weighted by Gasteiger charge is 2.19. The number of para-hydroxylation sites is 2. The quantitative estimate of drug-likeness (QED) is 0.469. The number of hydrogen-bond donors (Lipinski definition) is 3. The normalized spacial score (nSPS) is 12.1. The third-order valence-corrected chi connectivity index (χ3v) is 4.97. The van der Waals surface area contributed by atoms with Crippen molar-refractivity contribution in [2.45, 2.75) is 26.3 Å². The predicted molar refractivity (Wildman–Crippen MR) is 112 cm³/mol. The Kier molecular flexibility index (Phi) is 5.03. The van der Waals surface area contributed by atoms with Crippen molar-refractivity contribution in [2.75, 3.05) is 7.11 Å². The first-order valence-corrected chi connectivity index (χ1v) is 9.47. The van der Waals surface area contributed by atoms with Gasteiger partial charge in [0.25, 0.3) is 0 Å². The number of H-pyrrole nitrogens is 2. The van der Waals surface area contributed by atoms with Gasteiger partial charge < -0.3 is 15.0 Å². The van der Waals surface area contributed by atoms with Gasteiger partial charge in [0.1, 0.15) is 11.6 Å². The Morgan fingerprint density at radius 1 is 1.17 bits per heavy atom. The molecular formula is C22H23N5O2. The first kappa shape index (κ1) is 18.7. The zero-order chi connectivity index (χ0) is 20.4. The van der Waals surface area contributed by atoms with Crippen LogP contribution in [0.1, 0.15) is 30.0 Å². The number of amides is 1. The number of nitrogens with one attached hydrogen (secondary N) is 3. The van der Waals surface area contributed by atoms with Gasteiger partial charge in [-0.15, -0.1) is 0 Å². The van der Waals surface area contributed by atoms with Gasteiger partial charge in [-0.2, -0.15) is 5.10 Å². The van der Waals surface area contributed by atoms with Crippen molar-refractivity contribution in [3.63, 3.8) is 0 Å². The first-order valence-electron chi connectivity index (χ1n) is 9.47. The summed E-state index contributed by atoms with van der Waals surface area (Å²) in [5.74, 6) is 1.43. The number of carbonyl (C=O) groups is 1. The van der Waals surface area contributed by atoms with Crippen molar-refractivity contribution < 1.29 is 9.53 Å². The second-order valence-corrected chi connectivity index (χ2v) is 7.01. The molecule has 7 nitrogen and oxygen atoms in total. The Morgan fingerprint density at radius 3 is 2.66 bits per heavy atom. The number of aromatic amines is 2. The van der Waals surface area contributed by atoms with E-state index in [1.54, 1.807) is 7.11 Å². The number of carbonyl (C=O) groups excluding carboxylic acids is 1. The number of aryl methyl sites for hydroxylation is 1. The molecule has 0 radical (unpaired) electrons. The molecule has 4 rings (SSSR count). The van der Waals surface area contributed by atoms with Gasteiger partial charge in [0.05, 0.1) is 36.3 Å². The van der Waals surface area contributed by atoms with Crippen molar-refractivity contribution in [1.29, 1.82) is 0 Å². The van der Waals surface area contributed by atoms with Gasteiger partial charge in [0.15, 0.2) is 0 Å². The highest BCUT2D eigenvalue weighted by molar-refractivity contribution is 5.82. The van der Waals surface area contributed by atoms with Crippen molar-refractivity contribution in [2.24, 2.45) is 0 Å². The molecule has 29 heavy (non-hydrogen) atoms. The molecule has 0 saturated carbocycles. The molecule has 2 aromatic heterocycles. The Morgan fingerprint density at radius 2 is 1.93 bits per heavy atom. The van der Waals surface area contributed by atoms with Crippen LogP contribution >= 0.6 is 0 Å². The molecule has 148 valence electrons. The molecule has 0 bridgehead atoms. The number of fused-ring (bicyclic) bond motifs is 1. The van der Waals surface area contributed by atoms with Crippen LogP contribution < -0.4 is 10.1 Å². The number of rotatable bonds is 6. The van der Waals surface area contributed by atoms with E-state index >= 15 is 0 Å². The highest BCUT2D eigenvalue weighted by atomic mass is 16.5. The molecule has 3 N–H and O–H groups in total. The van der Waals surface area contributed by atoms with E-state index < -0.39 is 0 Å². The van der Waals surface area contributed by atoms with Crippen LogP contribution in [0, 0.1) is 6.92 Å². The Hall–Kier alpha value is -3.61. The van der Waals surface area contributed by atoms with Gasteiger partial charge in [-0.3, -0.25) is 9.89 Å². The molecule has 0 unspecified atom stereocenters. The number of ether oxygens (including phenoxy) is 1. The summed E-state index contributed by atoms with van der Waals surface area (Å²) in [6, 6.07) is 15.2. The van der Waals surface area contributed by atoms with E-state index in [9.17, 15) is 4.79 Å². The van der Waals surface area contributed by atoms with Crippen LogP contribution in [-0.2, 0) is 11.2 Å². The number of aromatic nitrogens is 4. The molecule has 0 fully saturated rings. The smallest absolute Gasteiger partial charge is 0.225 e. The molecule has 1 atom stereocenters. The van der Waals surface area contributed by atoms with Crippen LogP contribution in [0.25, 0.3) is 22.3 Å². The van der Waals surface area contributed by atoms with E-state index in [4.69, 9.17) is 4.74 Å². The standard InChI is InChI=1S/C22H23N5O2/c1-13-17(21(27-26-13)15-8-10-16(29-3)11-9-15)12-20(28)23-14(2)22-24-18-6-4-5-7-19(18)25-22/h4-11,14H,12H2,1-3H3,(H,23,28)(H,24,25)(H,26,27)/t14-/m0/s1. The molecule has 2 heterocycles. The summed E-state index contributed by atoms with van der Waals surface area (Å²) in [5.41, 5.74) is 5.30. The lowest BCUT2D eigenvalue weighted by Gasteiger charge is -2.12. The lowest BCUT2D eigenvalue weighted by Crippen LogP contribution is -2.29. The van der Waals surface area contributed by atoms with Crippen molar-refractivity contribution in [1.82, 2.24) is 25.5 Å². The summed E-state index contributed by atoms with van der Waals surface area (Å²) in [7, 11) is 1.63. The molecule has 0 aliphatic heterocycles. The summed E-state index contributed by atoms with van der Waals surface area (Å²) in [6.07, 6.45) is 0.230. The van der Waals surface area contributed by atoms with Gasteiger partial charge in [-0.25, -0.2) is 4.98 Å².